The molecule has 1 aromatic carbocycles. The second-order valence-electron chi connectivity index (χ2n) is 4.11. The van der Waals surface area contributed by atoms with Crippen LogP contribution in [0.4, 0.5) is 5.69 Å². The summed E-state index contributed by atoms with van der Waals surface area (Å²) in [5.41, 5.74) is 1.85. The van der Waals surface area contributed by atoms with Gasteiger partial charge in [-0.1, -0.05) is 30.3 Å². The number of nitrogens with zero attached hydrogens (tertiary/aromatic N) is 3. The average molecular weight is 308 g/mol. The lowest BCUT2D eigenvalue weighted by molar-refractivity contribution is 0.698. The summed E-state index contributed by atoms with van der Waals surface area (Å²) >= 11 is 3.33. The van der Waals surface area contributed by atoms with Gasteiger partial charge in [0.25, 0.3) is 5.56 Å². The molecule has 2 rings (SSSR count). The van der Waals surface area contributed by atoms with E-state index in [1.54, 1.807) is 13.2 Å². The van der Waals surface area contributed by atoms with Crippen LogP contribution in [0.1, 0.15) is 5.56 Å². The maximum atomic E-state index is 11.8. The van der Waals surface area contributed by atoms with E-state index in [0.29, 0.717) is 4.47 Å². The van der Waals surface area contributed by atoms with Crippen molar-refractivity contribution in [3.63, 3.8) is 0 Å². The highest BCUT2D eigenvalue weighted by molar-refractivity contribution is 9.10. The Balaban J connectivity index is 2.27. The molecule has 0 bridgehead atoms. The van der Waals surface area contributed by atoms with E-state index in [1.165, 1.54) is 10.2 Å². The van der Waals surface area contributed by atoms with Gasteiger partial charge in [-0.3, -0.25) is 4.79 Å². The molecular weight excluding hydrogens is 294 g/mol. The number of aromatic nitrogens is 2. The third-order valence-corrected chi connectivity index (χ3v) is 3.48. The van der Waals surface area contributed by atoms with Crippen LogP contribution in [-0.2, 0) is 13.6 Å². The Bertz CT molecular complexity index is 595. The first-order valence-electron chi connectivity index (χ1n) is 5.56. The molecule has 0 spiro atoms. The topological polar surface area (TPSA) is 38.1 Å². The van der Waals surface area contributed by atoms with E-state index >= 15 is 0 Å². The van der Waals surface area contributed by atoms with Crippen LogP contribution < -0.4 is 10.5 Å². The van der Waals surface area contributed by atoms with Crippen molar-refractivity contribution >= 4 is 21.6 Å². The monoisotopic (exact) mass is 307 g/mol. The standard InChI is InChI=1S/C13H14BrN3O/c1-16(9-10-6-4-3-5-7-10)11-8-15-17(2)13(18)12(11)14/h3-8H,9H2,1-2H3. The van der Waals surface area contributed by atoms with Crippen LogP contribution in [0.15, 0.2) is 45.8 Å². The van der Waals surface area contributed by atoms with Gasteiger partial charge in [-0.15, -0.1) is 0 Å². The molecule has 0 saturated carbocycles. The van der Waals surface area contributed by atoms with Gasteiger partial charge in [-0.25, -0.2) is 4.68 Å². The summed E-state index contributed by atoms with van der Waals surface area (Å²) < 4.78 is 1.85. The molecule has 94 valence electrons. The fraction of sp³-hybridized carbons (Fsp3) is 0.231. The maximum Gasteiger partial charge on any atom is 0.282 e. The van der Waals surface area contributed by atoms with E-state index in [1.807, 2.05) is 30.1 Å². The summed E-state index contributed by atoms with van der Waals surface area (Å²) in [4.78, 5) is 13.8. The predicted octanol–water partition coefficient (Wildman–Crippen LogP) is 2.18. The van der Waals surface area contributed by atoms with E-state index < -0.39 is 0 Å². The molecule has 0 aliphatic carbocycles. The Morgan fingerprint density at radius 2 is 2.00 bits per heavy atom. The number of halogens is 1. The Kier molecular flexibility index (Phi) is 3.81. The molecule has 4 nitrogen and oxygen atoms in total. The third-order valence-electron chi connectivity index (χ3n) is 2.73. The van der Waals surface area contributed by atoms with Crippen LogP contribution in [0.25, 0.3) is 0 Å². The number of hydrogen-bond donors (Lipinski definition) is 0. The minimum atomic E-state index is -0.132. The van der Waals surface area contributed by atoms with Gasteiger partial charge in [0.15, 0.2) is 0 Å². The number of anilines is 1. The summed E-state index contributed by atoms with van der Waals surface area (Å²) in [7, 11) is 3.57. The zero-order chi connectivity index (χ0) is 13.1. The fourth-order valence-corrected chi connectivity index (χ4v) is 2.37. The normalized spacial score (nSPS) is 10.4. The second kappa shape index (κ2) is 5.35. The lowest BCUT2D eigenvalue weighted by Gasteiger charge is -2.20. The highest BCUT2D eigenvalue weighted by Crippen LogP contribution is 2.21. The van der Waals surface area contributed by atoms with Crippen molar-refractivity contribution in [1.29, 1.82) is 0 Å². The molecule has 0 aliphatic rings. The summed E-state index contributed by atoms with van der Waals surface area (Å²) in [6, 6.07) is 10.1. The SMILES string of the molecule is CN(Cc1ccccc1)c1cnn(C)c(=O)c1Br. The summed E-state index contributed by atoms with van der Waals surface area (Å²) in [6.45, 7) is 0.730. The Morgan fingerprint density at radius 1 is 1.33 bits per heavy atom. The average Bonchev–Trinajstić information content (AvgIpc) is 2.37. The zero-order valence-electron chi connectivity index (χ0n) is 10.3. The first-order valence-corrected chi connectivity index (χ1v) is 6.36. The summed E-state index contributed by atoms with van der Waals surface area (Å²) in [5.74, 6) is 0. The Labute approximate surface area is 114 Å². The number of aryl methyl sites for hydroxylation is 1. The van der Waals surface area contributed by atoms with E-state index in [9.17, 15) is 4.79 Å². The van der Waals surface area contributed by atoms with Crippen molar-refractivity contribution < 1.29 is 0 Å². The second-order valence-corrected chi connectivity index (χ2v) is 4.91. The number of benzene rings is 1. The fourth-order valence-electron chi connectivity index (χ4n) is 1.71. The maximum absolute atomic E-state index is 11.8. The molecule has 5 heteroatoms. The molecule has 1 aromatic heterocycles. The first kappa shape index (κ1) is 12.8. The van der Waals surface area contributed by atoms with E-state index in [0.717, 1.165) is 12.2 Å². The van der Waals surface area contributed by atoms with Gasteiger partial charge in [-0.2, -0.15) is 5.10 Å². The minimum Gasteiger partial charge on any atom is -0.368 e. The van der Waals surface area contributed by atoms with Crippen LogP contribution in [-0.4, -0.2) is 16.8 Å². The molecule has 0 amide bonds. The van der Waals surface area contributed by atoms with E-state index in [2.05, 4.69) is 33.2 Å². The summed E-state index contributed by atoms with van der Waals surface area (Å²) in [6.07, 6.45) is 1.69. The third kappa shape index (κ3) is 2.61. The highest BCUT2D eigenvalue weighted by Gasteiger charge is 2.11. The lowest BCUT2D eigenvalue weighted by atomic mass is 10.2. The molecule has 0 N–H and O–H groups in total. The molecule has 0 fully saturated rings. The van der Waals surface area contributed by atoms with Crippen LogP contribution >= 0.6 is 15.9 Å². The van der Waals surface area contributed by atoms with Gasteiger partial charge in [0.05, 0.1) is 11.9 Å². The molecule has 0 unspecified atom stereocenters. The van der Waals surface area contributed by atoms with E-state index in [-0.39, 0.29) is 5.56 Å². The molecule has 0 saturated heterocycles. The van der Waals surface area contributed by atoms with Crippen molar-refractivity contribution in [1.82, 2.24) is 9.78 Å². The van der Waals surface area contributed by atoms with Crippen LogP contribution in [0.3, 0.4) is 0 Å². The molecule has 1 heterocycles. The van der Waals surface area contributed by atoms with Gasteiger partial charge in [0, 0.05) is 20.6 Å². The largest absolute Gasteiger partial charge is 0.368 e. The van der Waals surface area contributed by atoms with Crippen LogP contribution in [0.2, 0.25) is 0 Å². The molecule has 2 aromatic rings. The van der Waals surface area contributed by atoms with Crippen molar-refractivity contribution in [3.8, 4) is 0 Å². The number of rotatable bonds is 3. The molecular formula is C13H14BrN3O. The van der Waals surface area contributed by atoms with Crippen molar-refractivity contribution in [2.75, 3.05) is 11.9 Å². The molecule has 0 atom stereocenters. The van der Waals surface area contributed by atoms with Crippen molar-refractivity contribution in [2.45, 2.75) is 6.54 Å². The minimum absolute atomic E-state index is 0.132. The van der Waals surface area contributed by atoms with Crippen molar-refractivity contribution in [3.05, 3.63) is 56.9 Å². The molecule has 0 aliphatic heterocycles. The van der Waals surface area contributed by atoms with E-state index in [4.69, 9.17) is 0 Å². The highest BCUT2D eigenvalue weighted by atomic mass is 79.9. The van der Waals surface area contributed by atoms with Crippen molar-refractivity contribution in [2.24, 2.45) is 7.05 Å². The smallest absolute Gasteiger partial charge is 0.282 e. The number of hydrogen-bond acceptors (Lipinski definition) is 3. The Morgan fingerprint density at radius 3 is 2.67 bits per heavy atom. The zero-order valence-corrected chi connectivity index (χ0v) is 11.9. The molecule has 18 heavy (non-hydrogen) atoms. The molecule has 0 radical (unpaired) electrons. The quantitative estimate of drug-likeness (QED) is 0.872. The summed E-state index contributed by atoms with van der Waals surface area (Å²) in [5, 5.41) is 4.03. The van der Waals surface area contributed by atoms with Crippen LogP contribution in [0, 0.1) is 0 Å². The lowest BCUT2D eigenvalue weighted by Crippen LogP contribution is -2.25. The van der Waals surface area contributed by atoms with Gasteiger partial charge < -0.3 is 4.90 Å². The van der Waals surface area contributed by atoms with Gasteiger partial charge in [0.2, 0.25) is 0 Å². The first-order chi connectivity index (χ1) is 8.59. The van der Waals surface area contributed by atoms with Gasteiger partial charge in [-0.05, 0) is 21.5 Å². The van der Waals surface area contributed by atoms with Gasteiger partial charge >= 0.3 is 0 Å². The van der Waals surface area contributed by atoms with Crippen LogP contribution in [0.5, 0.6) is 0 Å². The predicted molar refractivity (Wildman–Crippen MR) is 75.7 cm³/mol. The Hall–Kier alpha value is -1.62. The van der Waals surface area contributed by atoms with Gasteiger partial charge in [0.1, 0.15) is 4.47 Å².